The Morgan fingerprint density at radius 3 is 2.47 bits per heavy atom. The summed E-state index contributed by atoms with van der Waals surface area (Å²) in [7, 11) is 1.90. The summed E-state index contributed by atoms with van der Waals surface area (Å²) in [5, 5.41) is 0. The van der Waals surface area contributed by atoms with Crippen LogP contribution in [0.5, 0.6) is 0 Å². The van der Waals surface area contributed by atoms with Crippen molar-refractivity contribution in [2.45, 2.75) is 53.0 Å². The maximum Gasteiger partial charge on any atom is 0.227 e. The fourth-order valence-corrected chi connectivity index (χ4v) is 2.80. The molecule has 1 amide bonds. The van der Waals surface area contributed by atoms with Crippen molar-refractivity contribution in [3.05, 3.63) is 0 Å². The van der Waals surface area contributed by atoms with Gasteiger partial charge in [-0.15, -0.1) is 0 Å². The lowest BCUT2D eigenvalue weighted by molar-refractivity contribution is -0.137. The molecular formula is C14H28N2O. The topological polar surface area (TPSA) is 46.3 Å². The van der Waals surface area contributed by atoms with E-state index < -0.39 is 0 Å². The van der Waals surface area contributed by atoms with E-state index in [-0.39, 0.29) is 23.3 Å². The van der Waals surface area contributed by atoms with Gasteiger partial charge >= 0.3 is 0 Å². The molecule has 2 N–H and O–H groups in total. The third-order valence-electron chi connectivity index (χ3n) is 3.70. The van der Waals surface area contributed by atoms with Crippen LogP contribution in [0, 0.1) is 17.3 Å². The third-order valence-corrected chi connectivity index (χ3v) is 3.70. The van der Waals surface area contributed by atoms with Gasteiger partial charge in [0.15, 0.2) is 0 Å². The first-order chi connectivity index (χ1) is 7.72. The van der Waals surface area contributed by atoms with E-state index in [1.165, 1.54) is 0 Å². The molecule has 0 aromatic carbocycles. The number of hydrogen-bond acceptors (Lipinski definition) is 2. The van der Waals surface area contributed by atoms with Gasteiger partial charge in [0.1, 0.15) is 0 Å². The van der Waals surface area contributed by atoms with E-state index in [2.05, 4.69) is 27.7 Å². The van der Waals surface area contributed by atoms with Crippen LogP contribution >= 0.6 is 0 Å². The molecule has 3 nitrogen and oxygen atoms in total. The standard InChI is InChI=1S/C14H28N2O/c1-10-7-6-8-11(12(10)15)13(17)16(5)9-14(2,3)4/h10-12H,6-9,15H2,1-5H3. The molecule has 1 rings (SSSR count). The van der Waals surface area contributed by atoms with E-state index in [9.17, 15) is 4.79 Å². The molecule has 3 heteroatoms. The molecule has 0 radical (unpaired) electrons. The Kier molecular flexibility index (Phi) is 4.59. The van der Waals surface area contributed by atoms with Gasteiger partial charge in [-0.05, 0) is 24.2 Å². The molecule has 0 aliphatic heterocycles. The number of carbonyl (C=O) groups is 1. The highest BCUT2D eigenvalue weighted by atomic mass is 16.2. The zero-order chi connectivity index (χ0) is 13.2. The minimum absolute atomic E-state index is 0.0334. The Labute approximate surface area is 106 Å². The summed E-state index contributed by atoms with van der Waals surface area (Å²) in [6.45, 7) is 9.41. The van der Waals surface area contributed by atoms with Crippen molar-refractivity contribution >= 4 is 5.91 Å². The number of nitrogens with zero attached hydrogens (tertiary/aromatic N) is 1. The molecule has 100 valence electrons. The quantitative estimate of drug-likeness (QED) is 0.804. The predicted molar refractivity (Wildman–Crippen MR) is 71.6 cm³/mol. The molecule has 0 aromatic heterocycles. The van der Waals surface area contributed by atoms with Crippen LogP contribution in [-0.2, 0) is 4.79 Å². The Hall–Kier alpha value is -0.570. The first-order valence-electron chi connectivity index (χ1n) is 6.73. The van der Waals surface area contributed by atoms with Crippen molar-refractivity contribution in [3.8, 4) is 0 Å². The van der Waals surface area contributed by atoms with Crippen LogP contribution in [0.2, 0.25) is 0 Å². The molecule has 0 heterocycles. The average Bonchev–Trinajstić information content (AvgIpc) is 2.18. The minimum atomic E-state index is 0.0334. The van der Waals surface area contributed by atoms with Crippen molar-refractivity contribution < 1.29 is 4.79 Å². The van der Waals surface area contributed by atoms with E-state index in [0.717, 1.165) is 25.8 Å². The Morgan fingerprint density at radius 2 is 1.94 bits per heavy atom. The smallest absolute Gasteiger partial charge is 0.227 e. The van der Waals surface area contributed by atoms with Gasteiger partial charge in [-0.2, -0.15) is 0 Å². The lowest BCUT2D eigenvalue weighted by Gasteiger charge is -2.36. The Balaban J connectivity index is 2.62. The van der Waals surface area contributed by atoms with Gasteiger partial charge < -0.3 is 10.6 Å². The third kappa shape index (κ3) is 3.98. The average molecular weight is 240 g/mol. The van der Waals surface area contributed by atoms with E-state index in [1.807, 2.05) is 11.9 Å². The summed E-state index contributed by atoms with van der Waals surface area (Å²) in [6.07, 6.45) is 3.25. The van der Waals surface area contributed by atoms with Gasteiger partial charge in [0, 0.05) is 19.6 Å². The predicted octanol–water partition coefficient (Wildman–Crippen LogP) is 2.25. The highest BCUT2D eigenvalue weighted by Crippen LogP contribution is 2.29. The second-order valence-electron chi connectivity index (χ2n) is 6.85. The summed E-state index contributed by atoms with van der Waals surface area (Å²) in [5.74, 6) is 0.741. The van der Waals surface area contributed by atoms with E-state index in [4.69, 9.17) is 5.73 Å². The Morgan fingerprint density at radius 1 is 1.35 bits per heavy atom. The van der Waals surface area contributed by atoms with Crippen LogP contribution in [0.4, 0.5) is 0 Å². The Bertz CT molecular complexity index is 270. The normalized spacial score (nSPS) is 30.1. The first kappa shape index (κ1) is 14.5. The molecule has 0 saturated heterocycles. The molecule has 17 heavy (non-hydrogen) atoms. The molecule has 3 unspecified atom stereocenters. The second kappa shape index (κ2) is 5.38. The summed E-state index contributed by atoms with van der Waals surface area (Å²) in [4.78, 5) is 14.2. The van der Waals surface area contributed by atoms with Crippen LogP contribution in [0.1, 0.15) is 47.0 Å². The maximum atomic E-state index is 12.4. The number of carbonyl (C=O) groups excluding carboxylic acids is 1. The zero-order valence-electron chi connectivity index (χ0n) is 12.0. The van der Waals surface area contributed by atoms with E-state index >= 15 is 0 Å². The monoisotopic (exact) mass is 240 g/mol. The molecule has 0 spiro atoms. The van der Waals surface area contributed by atoms with Gasteiger partial charge in [0.2, 0.25) is 5.91 Å². The lowest BCUT2D eigenvalue weighted by atomic mass is 9.77. The van der Waals surface area contributed by atoms with Gasteiger partial charge in [-0.3, -0.25) is 4.79 Å². The van der Waals surface area contributed by atoms with Crippen molar-refractivity contribution in [1.82, 2.24) is 4.90 Å². The van der Waals surface area contributed by atoms with Gasteiger partial charge in [-0.1, -0.05) is 34.1 Å². The van der Waals surface area contributed by atoms with Crippen molar-refractivity contribution in [2.24, 2.45) is 23.0 Å². The minimum Gasteiger partial charge on any atom is -0.345 e. The molecule has 0 bridgehead atoms. The fourth-order valence-electron chi connectivity index (χ4n) is 2.80. The van der Waals surface area contributed by atoms with Gasteiger partial charge in [0.25, 0.3) is 0 Å². The van der Waals surface area contributed by atoms with Crippen LogP contribution in [0.15, 0.2) is 0 Å². The van der Waals surface area contributed by atoms with Crippen molar-refractivity contribution in [3.63, 3.8) is 0 Å². The summed E-state index contributed by atoms with van der Waals surface area (Å²) in [5.41, 5.74) is 6.33. The first-order valence-corrected chi connectivity index (χ1v) is 6.73. The highest BCUT2D eigenvalue weighted by Gasteiger charge is 2.34. The van der Waals surface area contributed by atoms with Gasteiger partial charge in [0.05, 0.1) is 5.92 Å². The summed E-state index contributed by atoms with van der Waals surface area (Å²) in [6, 6.07) is 0.0404. The molecule has 0 aromatic rings. The number of rotatable bonds is 2. The van der Waals surface area contributed by atoms with E-state index in [0.29, 0.717) is 5.92 Å². The largest absolute Gasteiger partial charge is 0.345 e. The highest BCUT2D eigenvalue weighted by molar-refractivity contribution is 5.79. The van der Waals surface area contributed by atoms with Crippen molar-refractivity contribution in [2.75, 3.05) is 13.6 Å². The molecule has 3 atom stereocenters. The summed E-state index contributed by atoms with van der Waals surface area (Å²) < 4.78 is 0. The van der Waals surface area contributed by atoms with Crippen LogP contribution < -0.4 is 5.73 Å². The van der Waals surface area contributed by atoms with Gasteiger partial charge in [-0.25, -0.2) is 0 Å². The van der Waals surface area contributed by atoms with Crippen LogP contribution in [0.25, 0.3) is 0 Å². The molecule has 1 aliphatic carbocycles. The number of amides is 1. The van der Waals surface area contributed by atoms with E-state index in [1.54, 1.807) is 0 Å². The number of hydrogen-bond donors (Lipinski definition) is 1. The number of nitrogens with two attached hydrogens (primary N) is 1. The molecule has 1 saturated carbocycles. The lowest BCUT2D eigenvalue weighted by Crippen LogP contribution is -2.49. The SMILES string of the molecule is CC1CCCC(C(=O)N(C)CC(C)(C)C)C1N. The molecule has 1 aliphatic rings. The molecule has 1 fully saturated rings. The second-order valence-corrected chi connectivity index (χ2v) is 6.85. The fraction of sp³-hybridized carbons (Fsp3) is 0.929. The summed E-state index contributed by atoms with van der Waals surface area (Å²) >= 11 is 0. The van der Waals surface area contributed by atoms with Crippen molar-refractivity contribution in [1.29, 1.82) is 0 Å². The van der Waals surface area contributed by atoms with Crippen LogP contribution in [-0.4, -0.2) is 30.4 Å². The molecular weight excluding hydrogens is 212 g/mol. The van der Waals surface area contributed by atoms with Crippen LogP contribution in [0.3, 0.4) is 0 Å². The maximum absolute atomic E-state index is 12.4. The zero-order valence-corrected chi connectivity index (χ0v) is 12.0.